The molecule has 6 nitrogen and oxygen atoms in total. The Balaban J connectivity index is 2.02. The quantitative estimate of drug-likeness (QED) is 0.644. The lowest BCUT2D eigenvalue weighted by molar-refractivity contribution is -0.115. The molecule has 0 radical (unpaired) electrons. The fraction of sp³-hybridized carbons (Fsp3) is 0.182. The van der Waals surface area contributed by atoms with Gasteiger partial charge in [-0.1, -0.05) is 27.7 Å². The molecule has 1 atom stereocenters. The molecule has 1 heterocycles. The SMILES string of the molecule is C[C@H](Sc1nncn1N)C(=O)Nc1ccc(Br)cc1F. The van der Waals surface area contributed by atoms with E-state index < -0.39 is 11.1 Å². The van der Waals surface area contributed by atoms with Gasteiger partial charge in [0.05, 0.1) is 10.9 Å². The molecule has 0 saturated carbocycles. The first-order valence-corrected chi connectivity index (χ1v) is 7.22. The Kier molecular flexibility index (Phi) is 4.61. The number of benzene rings is 1. The summed E-state index contributed by atoms with van der Waals surface area (Å²) in [7, 11) is 0. The number of hydrogen-bond acceptors (Lipinski definition) is 5. The molecule has 1 aromatic heterocycles. The van der Waals surface area contributed by atoms with Crippen LogP contribution in [0.2, 0.25) is 0 Å². The van der Waals surface area contributed by atoms with Crippen molar-refractivity contribution in [2.75, 3.05) is 11.2 Å². The molecular formula is C11H11BrFN5OS. The number of thioether (sulfide) groups is 1. The fourth-order valence-corrected chi connectivity index (χ4v) is 2.43. The van der Waals surface area contributed by atoms with Crippen LogP contribution >= 0.6 is 27.7 Å². The van der Waals surface area contributed by atoms with E-state index in [2.05, 4.69) is 31.4 Å². The van der Waals surface area contributed by atoms with Crippen LogP contribution in [0.3, 0.4) is 0 Å². The number of halogens is 2. The second-order valence-electron chi connectivity index (χ2n) is 3.89. The van der Waals surface area contributed by atoms with Crippen molar-refractivity contribution >= 4 is 39.3 Å². The fourth-order valence-electron chi connectivity index (χ4n) is 1.35. The monoisotopic (exact) mass is 359 g/mol. The van der Waals surface area contributed by atoms with Gasteiger partial charge in [-0.05, 0) is 25.1 Å². The highest BCUT2D eigenvalue weighted by Crippen LogP contribution is 2.23. The highest BCUT2D eigenvalue weighted by Gasteiger charge is 2.18. The smallest absolute Gasteiger partial charge is 0.237 e. The van der Waals surface area contributed by atoms with E-state index in [0.717, 1.165) is 11.8 Å². The number of carbonyl (C=O) groups is 1. The maximum Gasteiger partial charge on any atom is 0.237 e. The zero-order valence-electron chi connectivity index (χ0n) is 10.4. The summed E-state index contributed by atoms with van der Waals surface area (Å²) in [4.78, 5) is 12.0. The maximum atomic E-state index is 13.6. The van der Waals surface area contributed by atoms with Crippen LogP contribution < -0.4 is 11.2 Å². The Morgan fingerprint density at radius 3 is 2.95 bits per heavy atom. The largest absolute Gasteiger partial charge is 0.336 e. The zero-order valence-corrected chi connectivity index (χ0v) is 12.8. The van der Waals surface area contributed by atoms with E-state index in [0.29, 0.717) is 9.63 Å². The number of nitrogens with two attached hydrogens (primary N) is 1. The number of amides is 1. The lowest BCUT2D eigenvalue weighted by Gasteiger charge is -2.11. The third-order valence-electron chi connectivity index (χ3n) is 2.38. The van der Waals surface area contributed by atoms with Crippen LogP contribution in [-0.4, -0.2) is 26.0 Å². The van der Waals surface area contributed by atoms with Gasteiger partial charge in [0.1, 0.15) is 12.1 Å². The number of anilines is 1. The van der Waals surface area contributed by atoms with Gasteiger partial charge in [-0.25, -0.2) is 9.07 Å². The van der Waals surface area contributed by atoms with E-state index in [4.69, 9.17) is 5.84 Å². The summed E-state index contributed by atoms with van der Waals surface area (Å²) >= 11 is 4.28. The molecule has 0 aliphatic heterocycles. The van der Waals surface area contributed by atoms with Crippen LogP contribution in [0.5, 0.6) is 0 Å². The number of rotatable bonds is 4. The molecule has 1 amide bonds. The van der Waals surface area contributed by atoms with E-state index in [1.165, 1.54) is 23.1 Å². The molecule has 0 spiro atoms. The Morgan fingerprint density at radius 1 is 1.60 bits per heavy atom. The number of hydrogen-bond donors (Lipinski definition) is 2. The summed E-state index contributed by atoms with van der Waals surface area (Å²) in [5.41, 5.74) is 0.125. The Hall–Kier alpha value is -1.61. The van der Waals surface area contributed by atoms with Crippen molar-refractivity contribution in [2.24, 2.45) is 0 Å². The molecule has 2 aromatic rings. The van der Waals surface area contributed by atoms with Gasteiger partial charge in [0.25, 0.3) is 0 Å². The van der Waals surface area contributed by atoms with Gasteiger partial charge in [-0.2, -0.15) is 0 Å². The summed E-state index contributed by atoms with van der Waals surface area (Å²) in [6.07, 6.45) is 1.33. The summed E-state index contributed by atoms with van der Waals surface area (Å²) in [5, 5.41) is 9.80. The van der Waals surface area contributed by atoms with Gasteiger partial charge in [0.2, 0.25) is 11.1 Å². The predicted octanol–water partition coefficient (Wildman–Crippen LogP) is 2.01. The van der Waals surface area contributed by atoms with Crippen LogP contribution in [0.1, 0.15) is 6.92 Å². The molecule has 0 unspecified atom stereocenters. The van der Waals surface area contributed by atoms with Gasteiger partial charge >= 0.3 is 0 Å². The van der Waals surface area contributed by atoms with Crippen molar-refractivity contribution in [1.82, 2.24) is 14.9 Å². The summed E-state index contributed by atoms with van der Waals surface area (Å²) < 4.78 is 15.4. The van der Waals surface area contributed by atoms with Crippen molar-refractivity contribution in [2.45, 2.75) is 17.3 Å². The first kappa shape index (κ1) is 14.8. The summed E-state index contributed by atoms with van der Waals surface area (Å²) in [5.74, 6) is 4.70. The molecule has 0 aliphatic rings. The standard InChI is InChI=1S/C11H11BrFN5OS/c1-6(20-11-17-15-5-18(11)14)10(19)16-9-3-2-7(12)4-8(9)13/h2-6H,14H2,1H3,(H,16,19)/t6-/m0/s1. The normalized spacial score (nSPS) is 12.2. The average Bonchev–Trinajstić information content (AvgIpc) is 2.78. The van der Waals surface area contributed by atoms with Gasteiger partial charge in [-0.15, -0.1) is 10.2 Å². The lowest BCUT2D eigenvalue weighted by Crippen LogP contribution is -2.24. The topological polar surface area (TPSA) is 85.8 Å². The molecular weight excluding hydrogens is 349 g/mol. The zero-order chi connectivity index (χ0) is 14.7. The van der Waals surface area contributed by atoms with Crippen molar-refractivity contribution < 1.29 is 9.18 Å². The minimum Gasteiger partial charge on any atom is -0.336 e. The number of nitrogens with one attached hydrogen (secondary N) is 1. The van der Waals surface area contributed by atoms with E-state index in [1.54, 1.807) is 13.0 Å². The van der Waals surface area contributed by atoms with Crippen molar-refractivity contribution in [1.29, 1.82) is 0 Å². The summed E-state index contributed by atoms with van der Waals surface area (Å²) in [6, 6.07) is 4.41. The van der Waals surface area contributed by atoms with Crippen molar-refractivity contribution in [3.8, 4) is 0 Å². The van der Waals surface area contributed by atoms with Gasteiger partial charge in [0.15, 0.2) is 0 Å². The van der Waals surface area contributed by atoms with E-state index in [9.17, 15) is 9.18 Å². The second kappa shape index (κ2) is 6.23. The molecule has 0 saturated heterocycles. The average molecular weight is 360 g/mol. The van der Waals surface area contributed by atoms with Crippen LogP contribution in [-0.2, 0) is 4.79 Å². The molecule has 106 valence electrons. The minimum absolute atomic E-state index is 0.125. The molecule has 9 heteroatoms. The third-order valence-corrected chi connectivity index (χ3v) is 3.94. The number of aromatic nitrogens is 3. The molecule has 3 N–H and O–H groups in total. The van der Waals surface area contributed by atoms with Crippen LogP contribution in [0.25, 0.3) is 0 Å². The number of carbonyl (C=O) groups excluding carboxylic acids is 1. The highest BCUT2D eigenvalue weighted by molar-refractivity contribution is 9.10. The van der Waals surface area contributed by atoms with Crippen LogP contribution in [0.15, 0.2) is 34.2 Å². The molecule has 0 aliphatic carbocycles. The molecule has 2 rings (SSSR count). The van der Waals surface area contributed by atoms with Crippen LogP contribution in [0, 0.1) is 5.82 Å². The van der Waals surface area contributed by atoms with E-state index in [1.807, 2.05) is 0 Å². The molecule has 20 heavy (non-hydrogen) atoms. The predicted molar refractivity (Wildman–Crippen MR) is 78.2 cm³/mol. The van der Waals surface area contributed by atoms with Crippen molar-refractivity contribution in [3.63, 3.8) is 0 Å². The van der Waals surface area contributed by atoms with Crippen LogP contribution in [0.4, 0.5) is 10.1 Å². The Morgan fingerprint density at radius 2 is 2.35 bits per heavy atom. The number of nitrogens with zero attached hydrogens (tertiary/aromatic N) is 3. The first-order chi connectivity index (χ1) is 9.47. The second-order valence-corrected chi connectivity index (χ2v) is 6.12. The van der Waals surface area contributed by atoms with E-state index >= 15 is 0 Å². The third kappa shape index (κ3) is 3.48. The molecule has 0 bridgehead atoms. The van der Waals surface area contributed by atoms with Crippen molar-refractivity contribution in [3.05, 3.63) is 34.8 Å². The Labute approximate surface area is 127 Å². The molecule has 1 aromatic carbocycles. The highest BCUT2D eigenvalue weighted by atomic mass is 79.9. The van der Waals surface area contributed by atoms with Gasteiger partial charge in [-0.3, -0.25) is 4.79 Å². The first-order valence-electron chi connectivity index (χ1n) is 5.55. The lowest BCUT2D eigenvalue weighted by atomic mass is 10.3. The van der Waals surface area contributed by atoms with Gasteiger partial charge < -0.3 is 11.2 Å². The minimum atomic E-state index is -0.507. The van der Waals surface area contributed by atoms with E-state index in [-0.39, 0.29) is 11.6 Å². The Bertz CT molecular complexity index is 635. The number of nitrogen functional groups attached to an aromatic ring is 1. The summed E-state index contributed by atoms with van der Waals surface area (Å²) in [6.45, 7) is 1.67. The maximum absolute atomic E-state index is 13.6. The van der Waals surface area contributed by atoms with Gasteiger partial charge in [0, 0.05) is 4.47 Å². The molecule has 0 fully saturated rings.